The van der Waals surface area contributed by atoms with Crippen molar-refractivity contribution in [1.29, 1.82) is 0 Å². The van der Waals surface area contributed by atoms with Crippen molar-refractivity contribution in [2.45, 2.75) is 45.4 Å². The molecule has 0 saturated carbocycles. The van der Waals surface area contributed by atoms with Crippen molar-refractivity contribution in [3.05, 3.63) is 30.1 Å². The number of amides is 1. The zero-order valence-electron chi connectivity index (χ0n) is 12.6. The smallest absolute Gasteiger partial charge is 0.410 e. The van der Waals surface area contributed by atoms with Crippen LogP contribution >= 0.6 is 0 Å². The first-order chi connectivity index (χ1) is 9.38. The average Bonchev–Trinajstić information content (AvgIpc) is 2.37. The lowest BCUT2D eigenvalue weighted by atomic mass is 9.98. The van der Waals surface area contributed by atoms with Gasteiger partial charge in [-0.1, -0.05) is 6.07 Å². The van der Waals surface area contributed by atoms with Crippen molar-refractivity contribution in [2.75, 3.05) is 13.1 Å². The fourth-order valence-electron chi connectivity index (χ4n) is 2.48. The van der Waals surface area contributed by atoms with Crippen LogP contribution in [0.2, 0.25) is 0 Å². The van der Waals surface area contributed by atoms with Gasteiger partial charge in [0.2, 0.25) is 0 Å². The number of hydrogen-bond acceptors (Lipinski definition) is 4. The van der Waals surface area contributed by atoms with E-state index in [1.807, 2.05) is 39.1 Å². The molecule has 0 radical (unpaired) electrons. The molecule has 1 N–H and O–H groups in total. The quantitative estimate of drug-likeness (QED) is 0.856. The molecule has 0 spiro atoms. The van der Waals surface area contributed by atoms with Gasteiger partial charge in [-0.3, -0.25) is 9.88 Å². The van der Waals surface area contributed by atoms with Gasteiger partial charge in [-0.05, 0) is 39.3 Å². The molecular weight excluding hydrogens is 254 g/mol. The maximum atomic E-state index is 12.4. The Bertz CT molecular complexity index is 456. The molecule has 5 heteroatoms. The Labute approximate surface area is 120 Å². The van der Waals surface area contributed by atoms with Gasteiger partial charge in [-0.25, -0.2) is 4.79 Å². The van der Waals surface area contributed by atoms with E-state index in [4.69, 9.17) is 4.74 Å². The van der Waals surface area contributed by atoms with E-state index < -0.39 is 5.60 Å². The van der Waals surface area contributed by atoms with Crippen molar-refractivity contribution in [3.8, 4) is 0 Å². The molecule has 1 aliphatic heterocycles. The van der Waals surface area contributed by atoms with E-state index in [9.17, 15) is 4.79 Å². The SMILES string of the molecule is CC1NCCN(C(=O)OC(C)(C)C)C1c1cccnc1. The minimum absolute atomic E-state index is 0.0488. The number of nitrogens with zero attached hydrogens (tertiary/aromatic N) is 2. The number of rotatable bonds is 1. The average molecular weight is 277 g/mol. The highest BCUT2D eigenvalue weighted by Crippen LogP contribution is 2.27. The second kappa shape index (κ2) is 5.79. The van der Waals surface area contributed by atoms with Gasteiger partial charge in [0.15, 0.2) is 0 Å². The summed E-state index contributed by atoms with van der Waals surface area (Å²) in [5, 5.41) is 3.40. The normalized spacial score (nSPS) is 23.5. The highest BCUT2D eigenvalue weighted by atomic mass is 16.6. The van der Waals surface area contributed by atoms with Crippen LogP contribution in [0.15, 0.2) is 24.5 Å². The predicted octanol–water partition coefficient (Wildman–Crippen LogP) is 2.35. The largest absolute Gasteiger partial charge is 0.444 e. The molecule has 0 bridgehead atoms. The van der Waals surface area contributed by atoms with Crippen LogP contribution < -0.4 is 5.32 Å². The lowest BCUT2D eigenvalue weighted by Gasteiger charge is -2.41. The summed E-state index contributed by atoms with van der Waals surface area (Å²) in [5.41, 5.74) is 0.545. The van der Waals surface area contributed by atoms with Gasteiger partial charge >= 0.3 is 6.09 Å². The first kappa shape index (κ1) is 14.8. The van der Waals surface area contributed by atoms with Crippen molar-refractivity contribution in [1.82, 2.24) is 15.2 Å². The maximum Gasteiger partial charge on any atom is 0.410 e. The van der Waals surface area contributed by atoms with E-state index in [-0.39, 0.29) is 18.2 Å². The summed E-state index contributed by atoms with van der Waals surface area (Å²) in [7, 11) is 0. The molecule has 2 rings (SSSR count). The Morgan fingerprint density at radius 1 is 1.50 bits per heavy atom. The molecule has 1 fully saturated rings. The number of piperazine rings is 1. The molecule has 1 aromatic rings. The zero-order chi connectivity index (χ0) is 14.8. The first-order valence-electron chi connectivity index (χ1n) is 7.01. The number of ether oxygens (including phenoxy) is 1. The molecule has 1 saturated heterocycles. The summed E-state index contributed by atoms with van der Waals surface area (Å²) in [6, 6.07) is 4.01. The van der Waals surface area contributed by atoms with Crippen molar-refractivity contribution < 1.29 is 9.53 Å². The second-order valence-corrected chi connectivity index (χ2v) is 6.15. The van der Waals surface area contributed by atoms with Gasteiger partial charge < -0.3 is 10.1 Å². The number of carbonyl (C=O) groups is 1. The van der Waals surface area contributed by atoms with E-state index in [1.54, 1.807) is 11.1 Å². The fourth-order valence-corrected chi connectivity index (χ4v) is 2.48. The molecule has 0 aromatic carbocycles. The monoisotopic (exact) mass is 277 g/mol. The van der Waals surface area contributed by atoms with Crippen LogP contribution in [-0.2, 0) is 4.74 Å². The van der Waals surface area contributed by atoms with Crippen LogP contribution in [0.25, 0.3) is 0 Å². The molecule has 20 heavy (non-hydrogen) atoms. The minimum Gasteiger partial charge on any atom is -0.444 e. The number of pyridine rings is 1. The summed E-state index contributed by atoms with van der Waals surface area (Å²) in [5.74, 6) is 0. The summed E-state index contributed by atoms with van der Waals surface area (Å²) in [4.78, 5) is 18.3. The maximum absolute atomic E-state index is 12.4. The van der Waals surface area contributed by atoms with Crippen LogP contribution in [-0.4, -0.2) is 40.7 Å². The zero-order valence-corrected chi connectivity index (χ0v) is 12.6. The van der Waals surface area contributed by atoms with Gasteiger partial charge in [0.05, 0.1) is 6.04 Å². The first-order valence-corrected chi connectivity index (χ1v) is 7.01. The third-order valence-electron chi connectivity index (χ3n) is 3.28. The lowest BCUT2D eigenvalue weighted by molar-refractivity contribution is 0.00630. The molecule has 2 atom stereocenters. The van der Waals surface area contributed by atoms with Gasteiger partial charge in [-0.15, -0.1) is 0 Å². The van der Waals surface area contributed by atoms with Crippen molar-refractivity contribution in [2.24, 2.45) is 0 Å². The Morgan fingerprint density at radius 3 is 2.85 bits per heavy atom. The molecule has 0 aliphatic carbocycles. The van der Waals surface area contributed by atoms with Gasteiger partial charge in [0.1, 0.15) is 5.60 Å². The predicted molar refractivity (Wildman–Crippen MR) is 77.4 cm³/mol. The number of carbonyl (C=O) groups excluding carboxylic acids is 1. The summed E-state index contributed by atoms with van der Waals surface area (Å²) < 4.78 is 5.52. The van der Waals surface area contributed by atoms with E-state index in [2.05, 4.69) is 17.2 Å². The summed E-state index contributed by atoms with van der Waals surface area (Å²) in [6.45, 7) is 9.14. The number of hydrogen-bond donors (Lipinski definition) is 1. The van der Waals surface area contributed by atoms with Gasteiger partial charge in [0, 0.05) is 31.5 Å². The fraction of sp³-hybridized carbons (Fsp3) is 0.600. The van der Waals surface area contributed by atoms with Crippen LogP contribution in [0.1, 0.15) is 39.3 Å². The Balaban J connectivity index is 2.23. The minimum atomic E-state index is -0.481. The molecule has 1 amide bonds. The lowest BCUT2D eigenvalue weighted by Crippen LogP contribution is -2.54. The molecule has 1 aliphatic rings. The van der Waals surface area contributed by atoms with Crippen LogP contribution in [0.5, 0.6) is 0 Å². The molecular formula is C15H23N3O2. The van der Waals surface area contributed by atoms with Gasteiger partial charge in [0.25, 0.3) is 0 Å². The van der Waals surface area contributed by atoms with E-state index in [0.29, 0.717) is 6.54 Å². The molecule has 2 heterocycles. The molecule has 2 unspecified atom stereocenters. The molecule has 110 valence electrons. The van der Waals surface area contributed by atoms with Crippen LogP contribution in [0, 0.1) is 0 Å². The number of aromatic nitrogens is 1. The Morgan fingerprint density at radius 2 is 2.25 bits per heavy atom. The summed E-state index contributed by atoms with van der Waals surface area (Å²) in [6.07, 6.45) is 3.29. The third-order valence-corrected chi connectivity index (χ3v) is 3.28. The van der Waals surface area contributed by atoms with E-state index in [0.717, 1.165) is 12.1 Å². The van der Waals surface area contributed by atoms with Crippen molar-refractivity contribution >= 4 is 6.09 Å². The van der Waals surface area contributed by atoms with Gasteiger partial charge in [-0.2, -0.15) is 0 Å². The molecule has 5 nitrogen and oxygen atoms in total. The standard InChI is InChI=1S/C15H23N3O2/c1-11-13(12-6-5-7-16-10-12)18(9-8-17-11)14(19)20-15(2,3)4/h5-7,10-11,13,17H,8-9H2,1-4H3. The van der Waals surface area contributed by atoms with E-state index >= 15 is 0 Å². The second-order valence-electron chi connectivity index (χ2n) is 6.15. The summed E-state index contributed by atoms with van der Waals surface area (Å²) >= 11 is 0. The molecule has 1 aromatic heterocycles. The van der Waals surface area contributed by atoms with Crippen LogP contribution in [0.4, 0.5) is 4.79 Å². The Kier molecular flexibility index (Phi) is 4.28. The third kappa shape index (κ3) is 3.48. The highest BCUT2D eigenvalue weighted by molar-refractivity contribution is 5.69. The highest BCUT2D eigenvalue weighted by Gasteiger charge is 2.35. The van der Waals surface area contributed by atoms with Crippen LogP contribution in [0.3, 0.4) is 0 Å². The topological polar surface area (TPSA) is 54.5 Å². The van der Waals surface area contributed by atoms with E-state index in [1.165, 1.54) is 0 Å². The van der Waals surface area contributed by atoms with Crippen molar-refractivity contribution in [3.63, 3.8) is 0 Å². The number of nitrogens with one attached hydrogen (secondary N) is 1. The Hall–Kier alpha value is -1.62.